The van der Waals surface area contributed by atoms with E-state index in [4.69, 9.17) is 10.00 Å². The summed E-state index contributed by atoms with van der Waals surface area (Å²) in [6.07, 6.45) is 17.8. The standard InChI is InChI=1S/C29H35NO2/c1-2-3-4-7-23-10-12-24(13-11-23)8-5-6-9-25-14-18-27(19-15-25)29(31)32-28-20-16-26(22-30)17-21-28/h5,8,14-21,23-24H,2-4,6-7,9-13H2,1H3/b8-5+. The van der Waals surface area contributed by atoms with Crippen molar-refractivity contribution in [1.29, 1.82) is 5.26 Å². The summed E-state index contributed by atoms with van der Waals surface area (Å²) >= 11 is 0. The number of carbonyl (C=O) groups excluding carboxylic acids is 1. The first-order chi connectivity index (χ1) is 15.7. The highest BCUT2D eigenvalue weighted by Crippen LogP contribution is 2.32. The van der Waals surface area contributed by atoms with Crippen LogP contribution < -0.4 is 4.74 Å². The fourth-order valence-electron chi connectivity index (χ4n) is 4.46. The van der Waals surface area contributed by atoms with Gasteiger partial charge in [-0.15, -0.1) is 0 Å². The molecule has 0 aliphatic heterocycles. The van der Waals surface area contributed by atoms with Crippen molar-refractivity contribution in [2.45, 2.75) is 71.1 Å². The second-order valence-corrected chi connectivity index (χ2v) is 8.97. The predicted molar refractivity (Wildman–Crippen MR) is 130 cm³/mol. The number of allylic oxidation sites excluding steroid dienone is 2. The molecule has 0 N–H and O–H groups in total. The van der Waals surface area contributed by atoms with E-state index in [1.165, 1.54) is 56.9 Å². The molecule has 0 saturated heterocycles. The first kappa shape index (κ1) is 23.8. The number of aryl methyl sites for hydroxylation is 1. The normalized spacial score (nSPS) is 18.4. The maximum atomic E-state index is 12.3. The van der Waals surface area contributed by atoms with Gasteiger partial charge in [0.25, 0.3) is 0 Å². The number of hydrogen-bond donors (Lipinski definition) is 0. The Morgan fingerprint density at radius 1 is 1.03 bits per heavy atom. The molecule has 1 fully saturated rings. The van der Waals surface area contributed by atoms with Crippen molar-refractivity contribution in [3.63, 3.8) is 0 Å². The van der Waals surface area contributed by atoms with Crippen molar-refractivity contribution >= 4 is 5.97 Å². The van der Waals surface area contributed by atoms with Crippen LogP contribution in [0, 0.1) is 23.2 Å². The highest BCUT2D eigenvalue weighted by molar-refractivity contribution is 5.91. The minimum absolute atomic E-state index is 0.383. The number of nitrogens with zero attached hydrogens (tertiary/aromatic N) is 1. The second kappa shape index (κ2) is 12.9. The average Bonchev–Trinajstić information content (AvgIpc) is 2.84. The molecule has 0 spiro atoms. The minimum Gasteiger partial charge on any atom is -0.423 e. The summed E-state index contributed by atoms with van der Waals surface area (Å²) in [6, 6.07) is 16.3. The van der Waals surface area contributed by atoms with Crippen molar-refractivity contribution in [3.05, 3.63) is 77.4 Å². The van der Waals surface area contributed by atoms with E-state index in [1.54, 1.807) is 24.3 Å². The quantitative estimate of drug-likeness (QED) is 0.169. The van der Waals surface area contributed by atoms with Gasteiger partial charge in [0.1, 0.15) is 5.75 Å². The second-order valence-electron chi connectivity index (χ2n) is 8.97. The molecular formula is C29H35NO2. The van der Waals surface area contributed by atoms with Crippen LogP contribution in [-0.2, 0) is 6.42 Å². The molecule has 1 aliphatic carbocycles. The van der Waals surface area contributed by atoms with Crippen molar-refractivity contribution < 1.29 is 9.53 Å². The lowest BCUT2D eigenvalue weighted by Gasteiger charge is -2.26. The van der Waals surface area contributed by atoms with E-state index >= 15 is 0 Å². The lowest BCUT2D eigenvalue weighted by atomic mass is 9.79. The molecule has 2 aromatic rings. The van der Waals surface area contributed by atoms with E-state index < -0.39 is 0 Å². The molecule has 32 heavy (non-hydrogen) atoms. The summed E-state index contributed by atoms with van der Waals surface area (Å²) in [5.41, 5.74) is 2.30. The van der Waals surface area contributed by atoms with Crippen LogP contribution in [0.1, 0.15) is 86.2 Å². The third-order valence-electron chi connectivity index (χ3n) is 6.50. The lowest BCUT2D eigenvalue weighted by molar-refractivity contribution is 0.0734. The summed E-state index contributed by atoms with van der Waals surface area (Å²) in [7, 11) is 0. The fraction of sp³-hybridized carbons (Fsp3) is 0.448. The molecule has 3 nitrogen and oxygen atoms in total. The number of ether oxygens (including phenoxy) is 1. The number of hydrogen-bond acceptors (Lipinski definition) is 3. The molecular weight excluding hydrogens is 394 g/mol. The van der Waals surface area contributed by atoms with Crippen molar-refractivity contribution in [2.24, 2.45) is 11.8 Å². The van der Waals surface area contributed by atoms with Crippen LogP contribution >= 0.6 is 0 Å². The Labute approximate surface area is 193 Å². The lowest BCUT2D eigenvalue weighted by Crippen LogP contribution is -2.13. The van der Waals surface area contributed by atoms with Crippen LogP contribution in [0.3, 0.4) is 0 Å². The SMILES string of the molecule is CCCCCC1CCC(/C=C/CCc2ccc(C(=O)Oc3ccc(C#N)cc3)cc2)CC1. The van der Waals surface area contributed by atoms with E-state index in [0.717, 1.165) is 24.7 Å². The third-order valence-corrected chi connectivity index (χ3v) is 6.50. The molecule has 1 saturated carbocycles. The highest BCUT2D eigenvalue weighted by atomic mass is 16.5. The summed E-state index contributed by atoms with van der Waals surface area (Å²) in [5, 5.41) is 8.84. The molecule has 168 valence electrons. The Bertz CT molecular complexity index is 898. The first-order valence-electron chi connectivity index (χ1n) is 12.2. The van der Waals surface area contributed by atoms with Crippen LogP contribution in [0.4, 0.5) is 0 Å². The maximum absolute atomic E-state index is 12.3. The monoisotopic (exact) mass is 429 g/mol. The number of carbonyl (C=O) groups is 1. The van der Waals surface area contributed by atoms with Gasteiger partial charge in [0.2, 0.25) is 0 Å². The number of unbranched alkanes of at least 4 members (excludes halogenated alkanes) is 2. The Kier molecular flexibility index (Phi) is 9.57. The molecule has 0 aromatic heterocycles. The van der Waals surface area contributed by atoms with Gasteiger partial charge in [0.15, 0.2) is 0 Å². The Balaban J connectivity index is 1.37. The van der Waals surface area contributed by atoms with E-state index in [9.17, 15) is 4.79 Å². The Hall–Kier alpha value is -2.86. The van der Waals surface area contributed by atoms with Crippen LogP contribution in [0.2, 0.25) is 0 Å². The van der Waals surface area contributed by atoms with Gasteiger partial charge in [-0.3, -0.25) is 0 Å². The number of benzene rings is 2. The van der Waals surface area contributed by atoms with Gasteiger partial charge in [-0.2, -0.15) is 5.26 Å². The zero-order chi connectivity index (χ0) is 22.6. The fourth-order valence-corrected chi connectivity index (χ4v) is 4.46. The minimum atomic E-state index is -0.383. The van der Waals surface area contributed by atoms with Crippen molar-refractivity contribution in [3.8, 4) is 11.8 Å². The third kappa shape index (κ3) is 7.68. The molecule has 3 rings (SSSR count). The average molecular weight is 430 g/mol. The van der Waals surface area contributed by atoms with E-state index in [-0.39, 0.29) is 5.97 Å². The van der Waals surface area contributed by atoms with Crippen molar-refractivity contribution in [2.75, 3.05) is 0 Å². The van der Waals surface area contributed by atoms with Gasteiger partial charge in [-0.05, 0) is 92.3 Å². The van der Waals surface area contributed by atoms with Gasteiger partial charge < -0.3 is 4.74 Å². The molecule has 0 heterocycles. The molecule has 0 radical (unpaired) electrons. The largest absolute Gasteiger partial charge is 0.423 e. The van der Waals surface area contributed by atoms with Crippen LogP contribution in [-0.4, -0.2) is 5.97 Å². The maximum Gasteiger partial charge on any atom is 0.343 e. The molecule has 0 bridgehead atoms. The number of rotatable bonds is 10. The van der Waals surface area contributed by atoms with Crippen molar-refractivity contribution in [1.82, 2.24) is 0 Å². The molecule has 2 aromatic carbocycles. The van der Waals surface area contributed by atoms with Gasteiger partial charge in [0.05, 0.1) is 17.2 Å². The van der Waals surface area contributed by atoms with Gasteiger partial charge in [-0.25, -0.2) is 4.79 Å². The van der Waals surface area contributed by atoms with Gasteiger partial charge >= 0.3 is 5.97 Å². The van der Waals surface area contributed by atoms with Crippen LogP contribution in [0.15, 0.2) is 60.7 Å². The molecule has 0 atom stereocenters. The smallest absolute Gasteiger partial charge is 0.343 e. The van der Waals surface area contributed by atoms with E-state index in [0.29, 0.717) is 16.9 Å². The van der Waals surface area contributed by atoms with Crippen LogP contribution in [0.5, 0.6) is 5.75 Å². The Morgan fingerprint density at radius 2 is 1.75 bits per heavy atom. The molecule has 1 aliphatic rings. The zero-order valence-corrected chi connectivity index (χ0v) is 19.3. The summed E-state index contributed by atoms with van der Waals surface area (Å²) in [5.74, 6) is 1.79. The molecule has 0 amide bonds. The summed E-state index contributed by atoms with van der Waals surface area (Å²) in [6.45, 7) is 2.28. The van der Waals surface area contributed by atoms with Gasteiger partial charge in [0, 0.05) is 0 Å². The Morgan fingerprint density at radius 3 is 2.41 bits per heavy atom. The topological polar surface area (TPSA) is 50.1 Å². The summed E-state index contributed by atoms with van der Waals surface area (Å²) in [4.78, 5) is 12.3. The predicted octanol–water partition coefficient (Wildman–Crippen LogP) is 7.65. The zero-order valence-electron chi connectivity index (χ0n) is 19.3. The van der Waals surface area contributed by atoms with Gasteiger partial charge in [-0.1, -0.05) is 56.9 Å². The number of nitriles is 1. The first-order valence-corrected chi connectivity index (χ1v) is 12.2. The van der Waals surface area contributed by atoms with E-state index in [2.05, 4.69) is 19.1 Å². The molecule has 0 unspecified atom stereocenters. The summed E-state index contributed by atoms with van der Waals surface area (Å²) < 4.78 is 5.38. The molecule has 3 heteroatoms. The van der Waals surface area contributed by atoms with E-state index in [1.807, 2.05) is 30.3 Å². The highest BCUT2D eigenvalue weighted by Gasteiger charge is 2.18. The van der Waals surface area contributed by atoms with Crippen LogP contribution in [0.25, 0.3) is 0 Å². The number of esters is 1.